The summed E-state index contributed by atoms with van der Waals surface area (Å²) in [5, 5.41) is 9.65. The van der Waals surface area contributed by atoms with Crippen LogP contribution in [0.3, 0.4) is 0 Å². The number of allylic oxidation sites excluding steroid dienone is 10. The predicted molar refractivity (Wildman–Crippen MR) is 251 cm³/mol. The molecule has 0 aromatic heterocycles. The molecule has 0 heterocycles. The van der Waals surface area contributed by atoms with Gasteiger partial charge in [-0.25, -0.2) is 0 Å². The van der Waals surface area contributed by atoms with Gasteiger partial charge in [0.1, 0.15) is 6.10 Å². The molecule has 0 saturated heterocycles. The van der Waals surface area contributed by atoms with Crippen molar-refractivity contribution in [3.8, 4) is 0 Å². The van der Waals surface area contributed by atoms with Gasteiger partial charge in [-0.05, 0) is 77.0 Å². The number of esters is 1. The highest BCUT2D eigenvalue weighted by molar-refractivity contribution is 5.69. The van der Waals surface area contributed by atoms with Gasteiger partial charge in [0.15, 0.2) is 0 Å². The number of rotatable bonds is 46. The Morgan fingerprint density at radius 3 is 1.21 bits per heavy atom. The average molecular weight is 797 g/mol. The largest absolute Gasteiger partial charge is 0.457 e. The van der Waals surface area contributed by atoms with Crippen LogP contribution >= 0.6 is 0 Å². The minimum atomic E-state index is -0.540. The molecule has 0 aliphatic rings. The summed E-state index contributed by atoms with van der Waals surface area (Å²) in [5.41, 5.74) is 0. The summed E-state index contributed by atoms with van der Waals surface area (Å²) < 4.78 is 11.2. The van der Waals surface area contributed by atoms with Crippen molar-refractivity contribution in [3.05, 3.63) is 60.8 Å². The van der Waals surface area contributed by atoms with E-state index in [1.165, 1.54) is 180 Å². The molecule has 4 nitrogen and oxygen atoms in total. The normalized spacial score (nSPS) is 12.8. The topological polar surface area (TPSA) is 55.8 Å². The fraction of sp³-hybridized carbons (Fsp3) is 0.792. The number of aliphatic hydroxyl groups is 1. The van der Waals surface area contributed by atoms with Gasteiger partial charge in [0, 0.05) is 13.0 Å². The summed E-state index contributed by atoms with van der Waals surface area (Å²) in [7, 11) is 0. The van der Waals surface area contributed by atoms with Gasteiger partial charge in [0.25, 0.3) is 0 Å². The molecule has 57 heavy (non-hydrogen) atoms. The summed E-state index contributed by atoms with van der Waals surface area (Å²) >= 11 is 0. The highest BCUT2D eigenvalue weighted by Crippen LogP contribution is 2.15. The monoisotopic (exact) mass is 797 g/mol. The van der Waals surface area contributed by atoms with Crippen molar-refractivity contribution in [2.75, 3.05) is 19.8 Å². The highest BCUT2D eigenvalue weighted by atomic mass is 16.6. The minimum absolute atomic E-state index is 0.174. The van der Waals surface area contributed by atoms with Crippen molar-refractivity contribution in [1.29, 1.82) is 0 Å². The van der Waals surface area contributed by atoms with E-state index < -0.39 is 6.10 Å². The predicted octanol–water partition coefficient (Wildman–Crippen LogP) is 16.8. The highest BCUT2D eigenvalue weighted by Gasteiger charge is 2.13. The zero-order valence-electron chi connectivity index (χ0n) is 38.1. The van der Waals surface area contributed by atoms with Gasteiger partial charge in [-0.3, -0.25) is 4.79 Å². The van der Waals surface area contributed by atoms with Crippen LogP contribution in [-0.2, 0) is 14.3 Å². The molecule has 0 amide bonds. The molecule has 0 aromatic carbocycles. The molecule has 4 heteroatoms. The van der Waals surface area contributed by atoms with Gasteiger partial charge in [0.05, 0.1) is 13.2 Å². The van der Waals surface area contributed by atoms with Crippen LogP contribution in [0.5, 0.6) is 0 Å². The van der Waals surface area contributed by atoms with E-state index in [1.807, 2.05) is 0 Å². The van der Waals surface area contributed by atoms with E-state index in [-0.39, 0.29) is 12.6 Å². The Kier molecular flexibility index (Phi) is 48.6. The Balaban J connectivity index is 3.42. The Bertz CT molecular complexity index is 931. The van der Waals surface area contributed by atoms with E-state index >= 15 is 0 Å². The van der Waals surface area contributed by atoms with Crippen molar-refractivity contribution in [3.63, 3.8) is 0 Å². The third-order valence-electron chi connectivity index (χ3n) is 10.8. The molecule has 0 fully saturated rings. The van der Waals surface area contributed by atoms with E-state index in [9.17, 15) is 9.90 Å². The molecule has 0 saturated carbocycles. The smallest absolute Gasteiger partial charge is 0.306 e. The Morgan fingerprint density at radius 2 is 0.789 bits per heavy atom. The fourth-order valence-electron chi connectivity index (χ4n) is 7.14. The van der Waals surface area contributed by atoms with E-state index in [1.54, 1.807) is 0 Å². The van der Waals surface area contributed by atoms with Crippen molar-refractivity contribution in [2.45, 2.75) is 251 Å². The lowest BCUT2D eigenvalue weighted by molar-refractivity contribution is -0.154. The van der Waals surface area contributed by atoms with E-state index in [2.05, 4.69) is 74.6 Å². The zero-order chi connectivity index (χ0) is 41.2. The van der Waals surface area contributed by atoms with Gasteiger partial charge in [-0.2, -0.15) is 0 Å². The summed E-state index contributed by atoms with van der Waals surface area (Å²) in [4.78, 5) is 12.3. The number of hydrogen-bond acceptors (Lipinski definition) is 4. The third-order valence-corrected chi connectivity index (χ3v) is 10.8. The molecule has 1 unspecified atom stereocenters. The van der Waals surface area contributed by atoms with Crippen LogP contribution in [0, 0.1) is 0 Å². The van der Waals surface area contributed by atoms with Crippen molar-refractivity contribution < 1.29 is 19.4 Å². The first-order valence-electron chi connectivity index (χ1n) is 24.9. The Morgan fingerprint density at radius 1 is 0.439 bits per heavy atom. The van der Waals surface area contributed by atoms with Crippen LogP contribution in [-0.4, -0.2) is 37.0 Å². The molecular weight excluding hydrogens is 701 g/mol. The molecule has 1 N–H and O–H groups in total. The molecular formula is C53H96O4. The minimum Gasteiger partial charge on any atom is -0.457 e. The van der Waals surface area contributed by atoms with Gasteiger partial charge < -0.3 is 14.6 Å². The maximum absolute atomic E-state index is 12.3. The number of unbranched alkanes of at least 4 members (excludes halogenated alkanes) is 28. The number of ether oxygens (including phenoxy) is 2. The van der Waals surface area contributed by atoms with Crippen LogP contribution < -0.4 is 0 Å². The SMILES string of the molecule is CC/C=C\C/C=C\C/C=C\C/C=C\CCCCCCCCCCCCC(=O)OC(CO)COCCCCCCCCCCCC/C=C\CCCCCCCCCC. The summed E-state index contributed by atoms with van der Waals surface area (Å²) in [5.74, 6) is -0.205. The zero-order valence-corrected chi connectivity index (χ0v) is 38.1. The summed E-state index contributed by atoms with van der Waals surface area (Å²) in [6.45, 7) is 5.25. The van der Waals surface area contributed by atoms with Crippen molar-refractivity contribution in [1.82, 2.24) is 0 Å². The summed E-state index contributed by atoms with van der Waals surface area (Å²) in [6, 6.07) is 0. The molecule has 332 valence electrons. The maximum Gasteiger partial charge on any atom is 0.306 e. The number of carbonyl (C=O) groups is 1. The first-order valence-corrected chi connectivity index (χ1v) is 24.9. The first kappa shape index (κ1) is 55.1. The van der Waals surface area contributed by atoms with Crippen LogP contribution in [0.2, 0.25) is 0 Å². The Hall–Kier alpha value is -1.91. The molecule has 0 radical (unpaired) electrons. The van der Waals surface area contributed by atoms with Crippen molar-refractivity contribution >= 4 is 5.97 Å². The number of aliphatic hydroxyl groups excluding tert-OH is 1. The van der Waals surface area contributed by atoms with Crippen LogP contribution in [0.1, 0.15) is 245 Å². The van der Waals surface area contributed by atoms with Gasteiger partial charge in [0.2, 0.25) is 0 Å². The van der Waals surface area contributed by atoms with Crippen LogP contribution in [0.15, 0.2) is 60.8 Å². The lowest BCUT2D eigenvalue weighted by Crippen LogP contribution is -2.27. The first-order chi connectivity index (χ1) is 28.2. The van der Waals surface area contributed by atoms with E-state index in [0.29, 0.717) is 19.6 Å². The van der Waals surface area contributed by atoms with Crippen LogP contribution in [0.4, 0.5) is 0 Å². The lowest BCUT2D eigenvalue weighted by Gasteiger charge is -2.16. The second kappa shape index (κ2) is 50.2. The molecule has 0 aliphatic carbocycles. The fourth-order valence-corrected chi connectivity index (χ4v) is 7.14. The van der Waals surface area contributed by atoms with E-state index in [4.69, 9.17) is 9.47 Å². The van der Waals surface area contributed by atoms with Gasteiger partial charge >= 0.3 is 5.97 Å². The van der Waals surface area contributed by atoms with Gasteiger partial charge in [-0.1, -0.05) is 222 Å². The molecule has 0 aliphatic heterocycles. The molecule has 0 aromatic rings. The standard InChI is InChI=1S/C53H96O4/c1-3-5-7-9-11-13-15-17-19-21-23-25-27-28-30-32-34-36-38-40-42-44-46-48-53(55)57-52(50-54)51-56-49-47-45-43-41-39-37-35-33-31-29-26-24-22-20-18-16-14-12-10-8-6-4-2/h5,7,11,13,17,19,22-25,52,54H,3-4,6,8-10,12,14-16,18,20-21,26-51H2,1-2H3/b7-5-,13-11-,19-17-,24-22-,25-23-. The molecule has 1 atom stereocenters. The van der Waals surface area contributed by atoms with Crippen LogP contribution in [0.25, 0.3) is 0 Å². The number of hydrogen-bond donors (Lipinski definition) is 1. The van der Waals surface area contributed by atoms with Gasteiger partial charge in [-0.15, -0.1) is 0 Å². The second-order valence-corrected chi connectivity index (χ2v) is 16.5. The summed E-state index contributed by atoms with van der Waals surface area (Å²) in [6.07, 6.45) is 67.3. The van der Waals surface area contributed by atoms with Crippen molar-refractivity contribution in [2.24, 2.45) is 0 Å². The Labute approximate surface area is 355 Å². The second-order valence-electron chi connectivity index (χ2n) is 16.5. The lowest BCUT2D eigenvalue weighted by atomic mass is 10.0. The molecule has 0 rings (SSSR count). The van der Waals surface area contributed by atoms with E-state index in [0.717, 1.165) is 44.9 Å². The third kappa shape index (κ3) is 48.4. The number of carbonyl (C=O) groups excluding carboxylic acids is 1. The molecule has 0 spiro atoms. The molecule has 0 bridgehead atoms. The average Bonchev–Trinajstić information content (AvgIpc) is 3.22. The quantitative estimate of drug-likeness (QED) is 0.0379. The maximum atomic E-state index is 12.3.